The monoisotopic (exact) mass is 532 g/mol. The summed E-state index contributed by atoms with van der Waals surface area (Å²) in [5, 5.41) is 2.58. The first kappa shape index (κ1) is 26.2. The Morgan fingerprint density at radius 2 is 1.64 bits per heavy atom. The van der Waals surface area contributed by atoms with Gasteiger partial charge in [-0.1, -0.05) is 77.1 Å². The van der Waals surface area contributed by atoms with E-state index in [4.69, 9.17) is 9.97 Å². The van der Waals surface area contributed by atoms with Crippen LogP contribution < -0.4 is 0 Å². The van der Waals surface area contributed by atoms with Gasteiger partial charge in [-0.25, -0.2) is 9.97 Å². The molecule has 0 unspecified atom stereocenters. The van der Waals surface area contributed by atoms with Crippen molar-refractivity contribution < 1.29 is 0 Å². The summed E-state index contributed by atoms with van der Waals surface area (Å²) in [4.78, 5) is 11.0. The van der Waals surface area contributed by atoms with Crippen LogP contribution in [0, 0.1) is 19.3 Å². The van der Waals surface area contributed by atoms with Crippen LogP contribution in [-0.2, 0) is 5.41 Å². The summed E-state index contributed by atoms with van der Waals surface area (Å²) in [7, 11) is 0. The number of benzene rings is 3. The largest absolute Gasteiger partial charge is 0.235 e. The molecule has 2 heterocycles. The van der Waals surface area contributed by atoms with E-state index in [1.165, 1.54) is 79.4 Å². The molecule has 1 aliphatic rings. The molecule has 0 saturated heterocycles. The summed E-state index contributed by atoms with van der Waals surface area (Å²) in [5.74, 6) is 0.691. The van der Waals surface area contributed by atoms with E-state index in [0.29, 0.717) is 11.3 Å². The van der Waals surface area contributed by atoms with E-state index in [1.54, 1.807) is 6.33 Å². The zero-order chi connectivity index (χ0) is 27.5. The van der Waals surface area contributed by atoms with Gasteiger partial charge in [0.25, 0.3) is 0 Å². The maximum atomic E-state index is 4.86. The average molecular weight is 533 g/mol. The first-order valence-corrected chi connectivity index (χ1v) is 15.2. The molecule has 1 saturated carbocycles. The van der Waals surface area contributed by atoms with Crippen LogP contribution in [0.1, 0.15) is 88.5 Å². The van der Waals surface area contributed by atoms with Gasteiger partial charge in [0.1, 0.15) is 6.33 Å². The van der Waals surface area contributed by atoms with Crippen LogP contribution in [0.3, 0.4) is 0 Å². The van der Waals surface area contributed by atoms with Crippen molar-refractivity contribution in [2.24, 2.45) is 5.41 Å². The normalized spacial score (nSPS) is 16.3. The molecule has 0 radical (unpaired) electrons. The highest BCUT2D eigenvalue weighted by Crippen LogP contribution is 2.46. The minimum atomic E-state index is 0.0330. The molecule has 2 aromatic heterocycles. The van der Waals surface area contributed by atoms with Crippen LogP contribution in [0.4, 0.5) is 0 Å². The zero-order valence-electron chi connectivity index (χ0n) is 24.5. The van der Waals surface area contributed by atoms with Gasteiger partial charge in [-0.3, -0.25) is 0 Å². The minimum absolute atomic E-state index is 0.0330. The molecule has 3 aromatic carbocycles. The SMILES string of the molecule is Cc1cc(C2CCC(C)(C)CC2)ccc1-c1sc2c(-c3cc(C(C)(C)C)c4ccccc4c3)ncnc2c1C. The highest BCUT2D eigenvalue weighted by molar-refractivity contribution is 7.23. The smallest absolute Gasteiger partial charge is 0.116 e. The molecule has 6 rings (SSSR count). The third-order valence-corrected chi connectivity index (χ3v) is 10.3. The van der Waals surface area contributed by atoms with E-state index in [1.807, 2.05) is 11.3 Å². The molecule has 2 nitrogen and oxygen atoms in total. The molecule has 0 atom stereocenters. The van der Waals surface area contributed by atoms with Crippen LogP contribution in [0.15, 0.2) is 60.9 Å². The molecule has 0 aliphatic heterocycles. The highest BCUT2D eigenvalue weighted by Gasteiger charge is 2.28. The van der Waals surface area contributed by atoms with E-state index in [0.717, 1.165) is 11.2 Å². The number of rotatable bonds is 3. The summed E-state index contributed by atoms with van der Waals surface area (Å²) in [6, 6.07) is 20.6. The molecule has 5 aromatic rings. The lowest BCUT2D eigenvalue weighted by Gasteiger charge is -2.34. The molecule has 39 heavy (non-hydrogen) atoms. The van der Waals surface area contributed by atoms with E-state index in [9.17, 15) is 0 Å². The molecule has 0 spiro atoms. The van der Waals surface area contributed by atoms with Crippen molar-refractivity contribution in [2.45, 2.75) is 85.5 Å². The van der Waals surface area contributed by atoms with Crippen molar-refractivity contribution in [1.82, 2.24) is 9.97 Å². The van der Waals surface area contributed by atoms with Gasteiger partial charge in [0.05, 0.1) is 15.9 Å². The van der Waals surface area contributed by atoms with Crippen molar-refractivity contribution in [1.29, 1.82) is 0 Å². The maximum Gasteiger partial charge on any atom is 0.116 e. The van der Waals surface area contributed by atoms with Gasteiger partial charge < -0.3 is 0 Å². The van der Waals surface area contributed by atoms with Gasteiger partial charge in [-0.15, -0.1) is 11.3 Å². The van der Waals surface area contributed by atoms with Crippen molar-refractivity contribution in [2.75, 3.05) is 0 Å². The van der Waals surface area contributed by atoms with E-state index in [-0.39, 0.29) is 5.41 Å². The Morgan fingerprint density at radius 3 is 2.36 bits per heavy atom. The van der Waals surface area contributed by atoms with Crippen molar-refractivity contribution in [3.8, 4) is 21.7 Å². The summed E-state index contributed by atoms with van der Waals surface area (Å²) in [5.41, 5.74) is 10.6. The van der Waals surface area contributed by atoms with Gasteiger partial charge >= 0.3 is 0 Å². The Kier molecular flexibility index (Phi) is 6.42. The molecular formula is C36H40N2S. The summed E-state index contributed by atoms with van der Waals surface area (Å²) < 4.78 is 1.18. The maximum absolute atomic E-state index is 4.86. The van der Waals surface area contributed by atoms with Crippen LogP contribution >= 0.6 is 11.3 Å². The third-order valence-electron chi connectivity index (χ3n) is 8.95. The Labute approximate surface area is 237 Å². The molecule has 1 aliphatic carbocycles. The number of aryl methyl sites for hydroxylation is 2. The number of hydrogen-bond acceptors (Lipinski definition) is 3. The van der Waals surface area contributed by atoms with E-state index < -0.39 is 0 Å². The lowest BCUT2D eigenvalue weighted by molar-refractivity contribution is 0.224. The number of aromatic nitrogens is 2. The van der Waals surface area contributed by atoms with Crippen molar-refractivity contribution in [3.05, 3.63) is 83.2 Å². The van der Waals surface area contributed by atoms with E-state index in [2.05, 4.69) is 103 Å². The van der Waals surface area contributed by atoms with Gasteiger partial charge in [-0.2, -0.15) is 0 Å². The van der Waals surface area contributed by atoms with Crippen LogP contribution in [0.2, 0.25) is 0 Å². The Bertz CT molecular complexity index is 1690. The van der Waals surface area contributed by atoms with Gasteiger partial charge in [0, 0.05) is 10.4 Å². The first-order valence-electron chi connectivity index (χ1n) is 14.4. The molecule has 0 bridgehead atoms. The summed E-state index contributed by atoms with van der Waals surface area (Å²) >= 11 is 1.85. The second-order valence-corrected chi connectivity index (χ2v) is 14.5. The van der Waals surface area contributed by atoms with E-state index >= 15 is 0 Å². The Balaban J connectivity index is 1.44. The standard InChI is InChI=1S/C36H40N2S/c1-22-18-25(24-14-16-36(6,7)17-15-24)12-13-28(22)33-23(2)31-34(39-33)32(38-21-37-31)27-19-26-10-8-9-11-29(26)30(20-27)35(3,4)5/h8-13,18-21,24H,14-17H2,1-7H3. The lowest BCUT2D eigenvalue weighted by Crippen LogP contribution is -2.20. The lowest BCUT2D eigenvalue weighted by atomic mass is 9.71. The average Bonchev–Trinajstić information content (AvgIpc) is 3.23. The molecule has 3 heteroatoms. The van der Waals surface area contributed by atoms with Gasteiger partial charge in [0.2, 0.25) is 0 Å². The number of fused-ring (bicyclic) bond motifs is 2. The van der Waals surface area contributed by atoms with Crippen LogP contribution in [0.25, 0.3) is 42.7 Å². The molecular weight excluding hydrogens is 492 g/mol. The van der Waals surface area contributed by atoms with Crippen molar-refractivity contribution >= 4 is 32.3 Å². The van der Waals surface area contributed by atoms with Crippen molar-refractivity contribution in [3.63, 3.8) is 0 Å². The van der Waals surface area contributed by atoms with Crippen LogP contribution in [0.5, 0.6) is 0 Å². The minimum Gasteiger partial charge on any atom is -0.235 e. The Hall–Kier alpha value is -3.04. The number of thiophene rings is 1. The second-order valence-electron chi connectivity index (χ2n) is 13.5. The molecule has 200 valence electrons. The fourth-order valence-corrected chi connectivity index (χ4v) is 7.84. The Morgan fingerprint density at radius 1 is 0.897 bits per heavy atom. The predicted molar refractivity (Wildman–Crippen MR) is 169 cm³/mol. The highest BCUT2D eigenvalue weighted by atomic mass is 32.1. The predicted octanol–water partition coefficient (Wildman–Crippen LogP) is 10.8. The first-order chi connectivity index (χ1) is 18.5. The number of nitrogens with zero attached hydrogens (tertiary/aromatic N) is 2. The fourth-order valence-electron chi connectivity index (χ4n) is 6.48. The molecule has 0 N–H and O–H groups in total. The topological polar surface area (TPSA) is 25.8 Å². The zero-order valence-corrected chi connectivity index (χ0v) is 25.3. The quantitative estimate of drug-likeness (QED) is 0.231. The second kappa shape index (κ2) is 9.55. The number of hydrogen-bond donors (Lipinski definition) is 0. The van der Waals surface area contributed by atoms with Gasteiger partial charge in [0.15, 0.2) is 0 Å². The third kappa shape index (κ3) is 4.80. The summed E-state index contributed by atoms with van der Waals surface area (Å²) in [6.07, 6.45) is 6.99. The summed E-state index contributed by atoms with van der Waals surface area (Å²) in [6.45, 7) is 16.2. The van der Waals surface area contributed by atoms with Gasteiger partial charge in [-0.05, 0) is 107 Å². The van der Waals surface area contributed by atoms with Crippen LogP contribution in [-0.4, -0.2) is 9.97 Å². The molecule has 1 fully saturated rings. The fraction of sp³-hybridized carbons (Fsp3) is 0.389. The molecule has 0 amide bonds.